The zero-order valence-corrected chi connectivity index (χ0v) is 3.70. The van der Waals surface area contributed by atoms with Gasteiger partial charge in [-0.2, -0.15) is 0 Å². The van der Waals surface area contributed by atoms with Gasteiger partial charge in [-0.3, -0.25) is 0 Å². The van der Waals surface area contributed by atoms with E-state index >= 15 is 0 Å². The van der Waals surface area contributed by atoms with Crippen molar-refractivity contribution >= 4 is 6.01 Å². The molecule has 0 amide bonds. The van der Waals surface area contributed by atoms with Crippen LogP contribution in [0, 0.1) is 16.4 Å². The van der Waals surface area contributed by atoms with Crippen LogP contribution in [0.3, 0.4) is 0 Å². The summed E-state index contributed by atoms with van der Waals surface area (Å²) in [6.45, 7) is 0. The largest absolute Gasteiger partial charge is 0.546 e. The van der Waals surface area contributed by atoms with E-state index in [0.717, 1.165) is 6.20 Å². The molecular formula is C3HN2O3. The van der Waals surface area contributed by atoms with Crippen LogP contribution in [0.15, 0.2) is 10.6 Å². The van der Waals surface area contributed by atoms with Crippen molar-refractivity contribution in [1.29, 1.82) is 0 Å². The van der Waals surface area contributed by atoms with Crippen LogP contribution in [-0.4, -0.2) is 9.91 Å². The van der Waals surface area contributed by atoms with Gasteiger partial charge in [-0.25, -0.2) is 0 Å². The van der Waals surface area contributed by atoms with E-state index in [1.807, 2.05) is 0 Å². The van der Waals surface area contributed by atoms with E-state index in [1.165, 1.54) is 0 Å². The van der Waals surface area contributed by atoms with Gasteiger partial charge in [0.25, 0.3) is 0 Å². The second-order valence-corrected chi connectivity index (χ2v) is 1.02. The minimum atomic E-state index is -0.726. The van der Waals surface area contributed by atoms with Crippen molar-refractivity contribution in [1.82, 2.24) is 4.98 Å². The van der Waals surface area contributed by atoms with Gasteiger partial charge in [0.1, 0.15) is 0 Å². The second kappa shape index (κ2) is 1.61. The maximum Gasteiger partial charge on any atom is 0.546 e. The molecule has 41 valence electrons. The van der Waals surface area contributed by atoms with Gasteiger partial charge in [0, 0.05) is 4.92 Å². The third kappa shape index (κ3) is 0.651. The first kappa shape index (κ1) is 4.76. The van der Waals surface area contributed by atoms with Gasteiger partial charge in [-0.15, -0.1) is 0 Å². The van der Waals surface area contributed by atoms with Crippen molar-refractivity contribution in [2.75, 3.05) is 0 Å². The Morgan fingerprint density at radius 3 is 3.00 bits per heavy atom. The van der Waals surface area contributed by atoms with Crippen LogP contribution in [0.2, 0.25) is 0 Å². The first-order valence-electron chi connectivity index (χ1n) is 1.77. The number of hydrogen-bond donors (Lipinski definition) is 0. The Kier molecular flexibility index (Phi) is 0.957. The Bertz CT molecular complexity index is 180. The van der Waals surface area contributed by atoms with Crippen molar-refractivity contribution in [3.63, 3.8) is 0 Å². The molecule has 1 radical (unpaired) electrons. The predicted octanol–water partition coefficient (Wildman–Crippen LogP) is 0.383. The molecule has 8 heavy (non-hydrogen) atoms. The molecule has 0 bridgehead atoms. The first-order valence-corrected chi connectivity index (χ1v) is 1.77. The summed E-state index contributed by atoms with van der Waals surface area (Å²) in [4.78, 5) is 12.2. The molecule has 1 heterocycles. The van der Waals surface area contributed by atoms with Gasteiger partial charge in [0.05, 0.1) is 0 Å². The highest BCUT2D eigenvalue weighted by atomic mass is 16.7. The highest BCUT2D eigenvalue weighted by Crippen LogP contribution is 2.02. The molecule has 0 fully saturated rings. The summed E-state index contributed by atoms with van der Waals surface area (Å²) in [5.41, 5.74) is 0. The zero-order valence-electron chi connectivity index (χ0n) is 3.70. The molecule has 0 atom stereocenters. The number of nitro groups is 1. The van der Waals surface area contributed by atoms with Crippen molar-refractivity contribution < 1.29 is 9.34 Å². The normalized spacial score (nSPS) is 9.00. The van der Waals surface area contributed by atoms with E-state index in [-0.39, 0.29) is 0 Å². The van der Waals surface area contributed by atoms with Crippen LogP contribution < -0.4 is 0 Å². The van der Waals surface area contributed by atoms with Gasteiger partial charge in [-0.1, -0.05) is 0 Å². The van der Waals surface area contributed by atoms with Gasteiger partial charge in [0.2, 0.25) is 6.26 Å². The molecule has 5 nitrogen and oxygen atoms in total. The fourth-order valence-corrected chi connectivity index (χ4v) is 0.271. The number of nitrogens with zero attached hydrogens (tertiary/aromatic N) is 2. The zero-order chi connectivity index (χ0) is 5.98. The Morgan fingerprint density at radius 2 is 2.75 bits per heavy atom. The summed E-state index contributed by atoms with van der Waals surface area (Å²) in [6, 6.07) is -0.523. The first-order chi connectivity index (χ1) is 3.80. The van der Waals surface area contributed by atoms with Crippen LogP contribution in [0.1, 0.15) is 0 Å². The Hall–Kier alpha value is -1.39. The van der Waals surface area contributed by atoms with E-state index in [1.54, 1.807) is 0 Å². The van der Waals surface area contributed by atoms with Crippen LogP contribution in [0.5, 0.6) is 0 Å². The summed E-state index contributed by atoms with van der Waals surface area (Å²) in [5.74, 6) is 0. The molecule has 0 saturated carbocycles. The molecule has 0 aliphatic carbocycles. The van der Waals surface area contributed by atoms with Crippen LogP contribution in [0.25, 0.3) is 0 Å². The van der Waals surface area contributed by atoms with Crippen LogP contribution in [-0.2, 0) is 0 Å². The highest BCUT2D eigenvalue weighted by Gasteiger charge is 2.07. The van der Waals surface area contributed by atoms with Gasteiger partial charge >= 0.3 is 6.01 Å². The van der Waals surface area contributed by atoms with Crippen LogP contribution >= 0.6 is 0 Å². The number of rotatable bonds is 1. The van der Waals surface area contributed by atoms with Crippen molar-refractivity contribution in [3.05, 3.63) is 22.6 Å². The number of oxazole rings is 1. The average Bonchev–Trinajstić information content (AvgIpc) is 2.12. The standard InChI is InChI=1S/C3HN2O3/c6-5(7)3-4-1-2-8-3/h1H. The Balaban J connectivity index is 2.93. The molecule has 0 aliphatic rings. The second-order valence-electron chi connectivity index (χ2n) is 1.02. The third-order valence-corrected chi connectivity index (χ3v) is 0.534. The predicted molar refractivity (Wildman–Crippen MR) is 22.0 cm³/mol. The van der Waals surface area contributed by atoms with Gasteiger partial charge in [-0.05, 0) is 4.98 Å². The summed E-state index contributed by atoms with van der Waals surface area (Å²) in [7, 11) is 0. The molecule has 0 saturated heterocycles. The maximum atomic E-state index is 9.69. The fourth-order valence-electron chi connectivity index (χ4n) is 0.271. The summed E-state index contributed by atoms with van der Waals surface area (Å²) in [5, 5.41) is 9.69. The minimum absolute atomic E-state index is 0.523. The molecule has 0 aliphatic heterocycles. The SMILES string of the molecule is O=[N+]([O-])c1nc[c]o1. The molecule has 1 rings (SSSR count). The molecule has 0 unspecified atom stereocenters. The van der Waals surface area contributed by atoms with Gasteiger partial charge < -0.3 is 14.5 Å². The molecule has 5 heteroatoms. The van der Waals surface area contributed by atoms with E-state index in [4.69, 9.17) is 0 Å². The fraction of sp³-hybridized carbons (Fsp3) is 0. The van der Waals surface area contributed by atoms with E-state index in [2.05, 4.69) is 15.7 Å². The van der Waals surface area contributed by atoms with Gasteiger partial charge in [0.15, 0.2) is 6.20 Å². The van der Waals surface area contributed by atoms with E-state index in [9.17, 15) is 10.1 Å². The topological polar surface area (TPSA) is 69.2 Å². The van der Waals surface area contributed by atoms with E-state index in [0.29, 0.717) is 0 Å². The van der Waals surface area contributed by atoms with Crippen molar-refractivity contribution in [3.8, 4) is 0 Å². The molecule has 0 aromatic carbocycles. The summed E-state index contributed by atoms with van der Waals surface area (Å²) < 4.78 is 4.16. The lowest BCUT2D eigenvalue weighted by molar-refractivity contribution is -0.407. The third-order valence-electron chi connectivity index (χ3n) is 0.534. The molecule has 0 spiro atoms. The summed E-state index contributed by atoms with van der Waals surface area (Å²) >= 11 is 0. The lowest BCUT2D eigenvalue weighted by Crippen LogP contribution is -1.85. The molecule has 0 N–H and O–H groups in total. The highest BCUT2D eigenvalue weighted by molar-refractivity contribution is 4.92. The van der Waals surface area contributed by atoms with Crippen LogP contribution in [0.4, 0.5) is 6.01 Å². The monoisotopic (exact) mass is 113 g/mol. The average molecular weight is 113 g/mol. The lowest BCUT2D eigenvalue weighted by atomic mass is 11.0. The van der Waals surface area contributed by atoms with Crippen molar-refractivity contribution in [2.45, 2.75) is 0 Å². The molecular weight excluding hydrogens is 112 g/mol. The smallest absolute Gasteiger partial charge is 0.378 e. The van der Waals surface area contributed by atoms with E-state index < -0.39 is 10.9 Å². The summed E-state index contributed by atoms with van der Waals surface area (Å²) in [6.07, 6.45) is 3.18. The molecule has 1 aromatic rings. The Morgan fingerprint density at radius 1 is 2.00 bits per heavy atom. The molecule has 1 aromatic heterocycles. The minimum Gasteiger partial charge on any atom is -0.378 e. The maximum absolute atomic E-state index is 9.69. The van der Waals surface area contributed by atoms with Crippen molar-refractivity contribution in [2.24, 2.45) is 0 Å². The number of hydrogen-bond acceptors (Lipinski definition) is 4. The Labute approximate surface area is 44.1 Å². The lowest BCUT2D eigenvalue weighted by Gasteiger charge is -1.79. The quantitative estimate of drug-likeness (QED) is 0.390. The number of aromatic nitrogens is 1.